The van der Waals surface area contributed by atoms with Crippen LogP contribution < -0.4 is 10.6 Å². The molecule has 3 aliphatic rings. The molecule has 3 fully saturated rings. The molecular formula is C28H31F3N6O4. The van der Waals surface area contributed by atoms with Crippen LogP contribution in [-0.2, 0) is 18.4 Å². The molecule has 0 radical (unpaired) electrons. The van der Waals surface area contributed by atoms with Gasteiger partial charge in [-0.2, -0.15) is 18.4 Å². The summed E-state index contributed by atoms with van der Waals surface area (Å²) >= 11 is 0. The van der Waals surface area contributed by atoms with E-state index in [-0.39, 0.29) is 29.1 Å². The lowest BCUT2D eigenvalue weighted by molar-refractivity contribution is -0.192. The number of carbonyl (C=O) groups is 2. The highest BCUT2D eigenvalue weighted by atomic mass is 19.4. The number of rotatable bonds is 3. The molecule has 0 spiro atoms. The maximum atomic E-state index is 13.2. The van der Waals surface area contributed by atoms with Gasteiger partial charge in [-0.15, -0.1) is 0 Å². The Morgan fingerprint density at radius 1 is 1.10 bits per heavy atom. The molecule has 3 aliphatic heterocycles. The number of fused-ring (bicyclic) bond motifs is 4. The molecule has 1 amide bonds. The zero-order valence-electron chi connectivity index (χ0n) is 23.1. The van der Waals surface area contributed by atoms with Crippen molar-refractivity contribution < 1.29 is 27.9 Å². The summed E-state index contributed by atoms with van der Waals surface area (Å²) in [6.45, 7) is 8.33. The first-order valence-electron chi connectivity index (χ1n) is 13.0. The van der Waals surface area contributed by atoms with Crippen LogP contribution >= 0.6 is 0 Å². The predicted octanol–water partition coefficient (Wildman–Crippen LogP) is 3.78. The minimum absolute atomic E-state index is 0.0171. The zero-order chi connectivity index (χ0) is 30.3. The number of piperazine rings is 1. The average molecular weight is 573 g/mol. The van der Waals surface area contributed by atoms with E-state index in [1.54, 1.807) is 35.9 Å². The van der Waals surface area contributed by atoms with Gasteiger partial charge in [0.05, 0.1) is 17.1 Å². The van der Waals surface area contributed by atoms with E-state index in [0.717, 1.165) is 24.2 Å². The molecule has 1 N–H and O–H groups in total. The Kier molecular flexibility index (Phi) is 7.89. The number of aryl methyl sites for hydroxylation is 1. The number of carboxylic acids is 1. The van der Waals surface area contributed by atoms with Crippen molar-refractivity contribution in [1.82, 2.24) is 19.0 Å². The Balaban J connectivity index is 0.000000493. The van der Waals surface area contributed by atoms with Crippen LogP contribution in [0.1, 0.15) is 49.5 Å². The molecule has 41 heavy (non-hydrogen) atoms. The van der Waals surface area contributed by atoms with Crippen LogP contribution in [0, 0.1) is 16.7 Å². The van der Waals surface area contributed by atoms with Crippen LogP contribution in [0.3, 0.4) is 0 Å². The SMILES string of the molecule is Cn1c(=O)n(CC(C)(C)C)c2ccc(N3CC4CCC3CN4C(=O)c3cccc(C#N)c3)nc21.O=C(O)C(F)(F)F. The molecule has 2 atom stereocenters. The van der Waals surface area contributed by atoms with Crippen LogP contribution in [-0.4, -0.2) is 67.4 Å². The topological polar surface area (TPSA) is 124 Å². The number of carbonyl (C=O) groups excluding carboxylic acids is 1. The summed E-state index contributed by atoms with van der Waals surface area (Å²) in [5, 5.41) is 16.3. The number of aromatic nitrogens is 3. The van der Waals surface area contributed by atoms with E-state index in [2.05, 4.69) is 31.7 Å². The number of piperidine rings is 2. The fourth-order valence-electron chi connectivity index (χ4n) is 5.30. The Labute approximate surface area is 234 Å². The minimum atomic E-state index is -5.08. The first-order chi connectivity index (χ1) is 19.1. The highest BCUT2D eigenvalue weighted by Gasteiger charge is 2.42. The third kappa shape index (κ3) is 6.21. The largest absolute Gasteiger partial charge is 0.490 e. The molecule has 2 bridgehead atoms. The van der Waals surface area contributed by atoms with Gasteiger partial charge in [0.25, 0.3) is 5.91 Å². The summed E-state index contributed by atoms with van der Waals surface area (Å²) in [6.07, 6.45) is -3.14. The average Bonchev–Trinajstić information content (AvgIpc) is 3.15. The minimum Gasteiger partial charge on any atom is -0.475 e. The Bertz CT molecular complexity index is 1580. The first-order valence-corrected chi connectivity index (χ1v) is 13.0. The van der Waals surface area contributed by atoms with Crippen LogP contribution in [0.15, 0.2) is 41.2 Å². The van der Waals surface area contributed by atoms with Crippen molar-refractivity contribution in [2.75, 3.05) is 18.0 Å². The van der Waals surface area contributed by atoms with Crippen molar-refractivity contribution in [2.45, 2.75) is 58.4 Å². The van der Waals surface area contributed by atoms with E-state index >= 15 is 0 Å². The van der Waals surface area contributed by atoms with Gasteiger partial charge in [-0.25, -0.2) is 14.6 Å². The summed E-state index contributed by atoms with van der Waals surface area (Å²) < 4.78 is 35.2. The molecule has 218 valence electrons. The zero-order valence-corrected chi connectivity index (χ0v) is 23.1. The van der Waals surface area contributed by atoms with E-state index in [4.69, 9.17) is 14.9 Å². The van der Waals surface area contributed by atoms with Gasteiger partial charge in [0.15, 0.2) is 5.65 Å². The molecule has 13 heteroatoms. The number of benzene rings is 1. The van der Waals surface area contributed by atoms with Gasteiger partial charge in [-0.1, -0.05) is 26.8 Å². The van der Waals surface area contributed by atoms with Crippen molar-refractivity contribution in [3.63, 3.8) is 0 Å². The van der Waals surface area contributed by atoms with E-state index in [0.29, 0.717) is 36.4 Å². The number of hydrogen-bond acceptors (Lipinski definition) is 6. The van der Waals surface area contributed by atoms with Gasteiger partial charge in [-0.3, -0.25) is 13.9 Å². The summed E-state index contributed by atoms with van der Waals surface area (Å²) in [5.74, 6) is -1.92. The molecule has 0 aliphatic carbocycles. The molecule has 10 nitrogen and oxygen atoms in total. The number of amides is 1. The van der Waals surface area contributed by atoms with E-state index < -0.39 is 12.1 Å². The third-order valence-corrected chi connectivity index (χ3v) is 7.16. The number of pyridine rings is 1. The van der Waals surface area contributed by atoms with Gasteiger partial charge in [0, 0.05) is 44.3 Å². The normalized spacial score (nSPS) is 18.6. The second-order valence-corrected chi connectivity index (χ2v) is 11.5. The van der Waals surface area contributed by atoms with Gasteiger partial charge in [-0.05, 0) is 48.6 Å². The van der Waals surface area contributed by atoms with E-state index in [1.165, 1.54) is 0 Å². The molecule has 6 rings (SSSR count). The number of imidazole rings is 1. The quantitative estimate of drug-likeness (QED) is 0.507. The van der Waals surface area contributed by atoms with E-state index in [1.807, 2.05) is 21.6 Å². The monoisotopic (exact) mass is 572 g/mol. The fourth-order valence-corrected chi connectivity index (χ4v) is 5.30. The first kappa shape index (κ1) is 29.6. The standard InChI is InChI=1S/C26H30N6O2.C2HF3O2/c1-26(2,3)16-32-21-10-11-22(28-23(21)29(4)25(32)34)30-14-20-9-8-19(30)15-31(20)24(33)18-7-5-6-17(12-18)13-27;3-2(4,5)1(6)7/h5-7,10-12,19-20H,8-9,14-16H2,1-4H3;(H,6,7). The van der Waals surface area contributed by atoms with Crippen LogP contribution in [0.25, 0.3) is 11.2 Å². The molecular weight excluding hydrogens is 541 g/mol. The van der Waals surface area contributed by atoms with Crippen LogP contribution in [0.4, 0.5) is 19.0 Å². The van der Waals surface area contributed by atoms with Crippen molar-refractivity contribution in [3.05, 3.63) is 58.0 Å². The van der Waals surface area contributed by atoms with Crippen LogP contribution in [0.2, 0.25) is 0 Å². The Morgan fingerprint density at radius 3 is 2.32 bits per heavy atom. The van der Waals surface area contributed by atoms with Crippen molar-refractivity contribution >= 4 is 28.9 Å². The molecule has 0 saturated carbocycles. The number of carboxylic acid groups (broad SMARTS) is 1. The number of aliphatic carboxylic acids is 1. The lowest BCUT2D eigenvalue weighted by atomic mass is 9.90. The number of anilines is 1. The summed E-state index contributed by atoms with van der Waals surface area (Å²) in [7, 11) is 1.78. The van der Waals surface area contributed by atoms with Gasteiger partial charge >= 0.3 is 17.8 Å². The fraction of sp³-hybridized carbons (Fsp3) is 0.464. The molecule has 3 saturated heterocycles. The number of alkyl halides is 3. The van der Waals surface area contributed by atoms with E-state index in [9.17, 15) is 28.0 Å². The van der Waals surface area contributed by atoms with Gasteiger partial charge in [0.2, 0.25) is 0 Å². The number of hydrogen-bond donors (Lipinski definition) is 1. The lowest BCUT2D eigenvalue weighted by Crippen LogP contribution is -2.64. The highest BCUT2D eigenvalue weighted by molar-refractivity contribution is 5.95. The van der Waals surface area contributed by atoms with Crippen molar-refractivity contribution in [3.8, 4) is 6.07 Å². The summed E-state index contributed by atoms with van der Waals surface area (Å²) in [4.78, 5) is 44.1. The molecule has 2 aromatic heterocycles. The highest BCUT2D eigenvalue weighted by Crippen LogP contribution is 2.34. The maximum absolute atomic E-state index is 13.2. The molecule has 2 unspecified atom stereocenters. The summed E-state index contributed by atoms with van der Waals surface area (Å²) in [5.41, 5.74) is 2.53. The van der Waals surface area contributed by atoms with Gasteiger partial charge in [0.1, 0.15) is 5.82 Å². The second-order valence-electron chi connectivity index (χ2n) is 11.5. The number of nitrogens with zero attached hydrogens (tertiary/aromatic N) is 6. The maximum Gasteiger partial charge on any atom is 0.490 e. The van der Waals surface area contributed by atoms with Gasteiger partial charge < -0.3 is 14.9 Å². The second kappa shape index (κ2) is 10.9. The number of nitriles is 1. The lowest BCUT2D eigenvalue weighted by Gasteiger charge is -2.52. The molecule has 3 aromatic rings. The van der Waals surface area contributed by atoms with Crippen molar-refractivity contribution in [1.29, 1.82) is 5.26 Å². The third-order valence-electron chi connectivity index (χ3n) is 7.16. The molecule has 5 heterocycles. The smallest absolute Gasteiger partial charge is 0.475 e. The Hall–Kier alpha value is -4.34. The predicted molar refractivity (Wildman–Crippen MR) is 144 cm³/mol. The van der Waals surface area contributed by atoms with Crippen LogP contribution in [0.5, 0.6) is 0 Å². The summed E-state index contributed by atoms with van der Waals surface area (Å²) in [6, 6.07) is 13.3. The number of halogens is 3. The molecule has 1 aromatic carbocycles. The van der Waals surface area contributed by atoms with Crippen molar-refractivity contribution in [2.24, 2.45) is 12.5 Å². The Morgan fingerprint density at radius 2 is 1.76 bits per heavy atom.